The Morgan fingerprint density at radius 3 is 0.895 bits per heavy atom. The van der Waals surface area contributed by atoms with Crippen LogP contribution in [0.1, 0.15) is 69.2 Å². The van der Waals surface area contributed by atoms with E-state index < -0.39 is 20.5 Å². The molecule has 0 aromatic rings. The zero-order valence-corrected chi connectivity index (χ0v) is 18.8. The number of hydrogen-bond acceptors (Lipinski definition) is 2. The molecule has 0 spiro atoms. The average molecular weight is 437 g/mol. The van der Waals surface area contributed by atoms with Gasteiger partial charge in [0.25, 0.3) is 0 Å². The molecule has 2 nitrogen and oxygen atoms in total. The molecular formula is C16H38HfN2. The van der Waals surface area contributed by atoms with Gasteiger partial charge in [0.15, 0.2) is 0 Å². The molecule has 0 radical (unpaired) electrons. The van der Waals surface area contributed by atoms with Crippen molar-refractivity contribution in [1.29, 1.82) is 0 Å². The SMILES string of the molecule is CC[N](CC)[Hf]([N](CC)CC)([C](C)(C)C)[C](C)(C)C. The van der Waals surface area contributed by atoms with E-state index in [0.29, 0.717) is 6.34 Å². The van der Waals surface area contributed by atoms with Gasteiger partial charge in [-0.05, 0) is 0 Å². The van der Waals surface area contributed by atoms with Crippen LogP contribution in [0.3, 0.4) is 0 Å². The van der Waals surface area contributed by atoms with E-state index in [2.05, 4.69) is 75.0 Å². The third-order valence-electron chi connectivity index (χ3n) is 4.53. The topological polar surface area (TPSA) is 6.48 Å². The minimum absolute atomic E-state index is 0.420. The maximum absolute atomic E-state index is 2.91. The molecule has 0 bridgehead atoms. The summed E-state index contributed by atoms with van der Waals surface area (Å²) < 4.78 is 6.62. The fourth-order valence-corrected chi connectivity index (χ4v) is 34.3. The van der Waals surface area contributed by atoms with Crippen molar-refractivity contribution in [3.05, 3.63) is 0 Å². The summed E-state index contributed by atoms with van der Waals surface area (Å²) in [6.07, 6.45) is 0. The second-order valence-electron chi connectivity index (χ2n) is 7.52. The van der Waals surface area contributed by atoms with Gasteiger partial charge >= 0.3 is 128 Å². The van der Waals surface area contributed by atoms with Crippen LogP contribution in [0.2, 0.25) is 6.34 Å². The average Bonchev–Trinajstić information content (AvgIpc) is 2.26. The number of hydrogen-bond donors (Lipinski definition) is 0. The van der Waals surface area contributed by atoms with Crippen LogP contribution >= 0.6 is 0 Å². The standard InChI is InChI=1S/2C4H10N.2C4H9.Hf/c2*1-3-5-4-2;2*1-4(2)3;/h2*3-4H2,1-2H3;2*1-3H3;/q2*-1;;;+2. The first-order valence-electron chi connectivity index (χ1n) is 8.04. The quantitative estimate of drug-likeness (QED) is 0.535. The van der Waals surface area contributed by atoms with Crippen LogP contribution < -0.4 is 0 Å². The predicted octanol–water partition coefficient (Wildman–Crippen LogP) is 5.09. The van der Waals surface area contributed by atoms with Gasteiger partial charge in [0, 0.05) is 0 Å². The summed E-state index contributed by atoms with van der Waals surface area (Å²) >= 11 is -2.91. The van der Waals surface area contributed by atoms with E-state index >= 15 is 0 Å². The summed E-state index contributed by atoms with van der Waals surface area (Å²) in [7, 11) is 0. The van der Waals surface area contributed by atoms with Gasteiger partial charge in [-0.1, -0.05) is 0 Å². The van der Waals surface area contributed by atoms with Crippen molar-refractivity contribution in [2.45, 2.75) is 75.6 Å². The van der Waals surface area contributed by atoms with Crippen LogP contribution in [-0.2, 0) is 20.5 Å². The van der Waals surface area contributed by atoms with E-state index in [-0.39, 0.29) is 0 Å². The first-order valence-corrected chi connectivity index (χ1v) is 14.8. The second-order valence-corrected chi connectivity index (χ2v) is 27.7. The van der Waals surface area contributed by atoms with E-state index in [0.717, 1.165) is 0 Å². The normalized spacial score (nSPS) is 14.5. The minimum atomic E-state index is -2.91. The van der Waals surface area contributed by atoms with Crippen LogP contribution in [0.5, 0.6) is 0 Å². The third kappa shape index (κ3) is 3.52. The van der Waals surface area contributed by atoms with Crippen molar-refractivity contribution in [1.82, 2.24) is 5.78 Å². The van der Waals surface area contributed by atoms with Crippen LogP contribution in [-0.4, -0.2) is 32.0 Å². The van der Waals surface area contributed by atoms with E-state index in [4.69, 9.17) is 0 Å². The molecule has 19 heavy (non-hydrogen) atoms. The first kappa shape index (κ1) is 19.8. The molecule has 0 aromatic carbocycles. The summed E-state index contributed by atoms with van der Waals surface area (Å²) in [5, 5.41) is 0. The Kier molecular flexibility index (Phi) is 7.47. The van der Waals surface area contributed by atoms with Gasteiger partial charge in [0.2, 0.25) is 0 Å². The van der Waals surface area contributed by atoms with E-state index in [1.165, 1.54) is 26.2 Å². The molecule has 0 aliphatic rings. The van der Waals surface area contributed by atoms with Crippen molar-refractivity contribution in [2.24, 2.45) is 0 Å². The second kappa shape index (κ2) is 7.17. The van der Waals surface area contributed by atoms with E-state index in [1.807, 2.05) is 0 Å². The van der Waals surface area contributed by atoms with Gasteiger partial charge in [-0.25, -0.2) is 0 Å². The maximum atomic E-state index is 2.89. The Hall–Kier alpha value is 0.790. The van der Waals surface area contributed by atoms with Gasteiger partial charge in [-0.3, -0.25) is 0 Å². The first-order chi connectivity index (χ1) is 8.54. The molecule has 0 fully saturated rings. The molecule has 0 aliphatic carbocycles. The molecule has 0 amide bonds. The summed E-state index contributed by atoms with van der Waals surface area (Å²) in [5.74, 6) is 0. The van der Waals surface area contributed by atoms with Crippen LogP contribution in [0.15, 0.2) is 0 Å². The Labute approximate surface area is 128 Å². The Bertz CT molecular complexity index is 227. The van der Waals surface area contributed by atoms with Gasteiger partial charge in [-0.2, -0.15) is 0 Å². The van der Waals surface area contributed by atoms with Crippen LogP contribution in [0, 0.1) is 0 Å². The van der Waals surface area contributed by atoms with Gasteiger partial charge in [0.05, 0.1) is 0 Å². The van der Waals surface area contributed by atoms with Gasteiger partial charge < -0.3 is 0 Å². The molecular weight excluding hydrogens is 399 g/mol. The zero-order valence-electron chi connectivity index (χ0n) is 15.2. The molecule has 0 aliphatic heterocycles. The number of rotatable bonds is 6. The molecule has 0 N–H and O–H groups in total. The van der Waals surface area contributed by atoms with Gasteiger partial charge in [-0.15, -0.1) is 0 Å². The fourth-order valence-electron chi connectivity index (χ4n) is 4.58. The van der Waals surface area contributed by atoms with Crippen molar-refractivity contribution < 1.29 is 20.5 Å². The zero-order chi connectivity index (χ0) is 15.5. The Morgan fingerprint density at radius 2 is 0.789 bits per heavy atom. The summed E-state index contributed by atoms with van der Waals surface area (Å²) in [6.45, 7) is 29.2. The molecule has 0 saturated carbocycles. The monoisotopic (exact) mass is 438 g/mol. The van der Waals surface area contributed by atoms with Crippen LogP contribution in [0.4, 0.5) is 0 Å². The third-order valence-corrected chi connectivity index (χ3v) is 30.7. The van der Waals surface area contributed by atoms with Crippen molar-refractivity contribution in [3.8, 4) is 0 Å². The van der Waals surface area contributed by atoms with E-state index in [1.54, 1.807) is 0 Å². The van der Waals surface area contributed by atoms with Gasteiger partial charge in [0.1, 0.15) is 0 Å². The van der Waals surface area contributed by atoms with Crippen molar-refractivity contribution >= 4 is 0 Å². The summed E-state index contributed by atoms with van der Waals surface area (Å²) in [6, 6.07) is 0. The summed E-state index contributed by atoms with van der Waals surface area (Å²) in [5.41, 5.74) is 0. The molecule has 0 unspecified atom stereocenters. The molecule has 0 saturated heterocycles. The van der Waals surface area contributed by atoms with Crippen molar-refractivity contribution in [2.75, 3.05) is 26.2 Å². The van der Waals surface area contributed by atoms with Crippen LogP contribution in [0.25, 0.3) is 0 Å². The molecule has 0 atom stereocenters. The Balaban J connectivity index is 6.18. The number of nitrogens with zero attached hydrogens (tertiary/aromatic N) is 2. The Morgan fingerprint density at radius 1 is 0.579 bits per heavy atom. The predicted molar refractivity (Wildman–Crippen MR) is 85.3 cm³/mol. The molecule has 0 aromatic heterocycles. The van der Waals surface area contributed by atoms with E-state index in [9.17, 15) is 0 Å². The fraction of sp³-hybridized carbons (Fsp3) is 1.00. The molecule has 3 heteroatoms. The summed E-state index contributed by atoms with van der Waals surface area (Å²) in [4.78, 5) is 0. The molecule has 116 valence electrons. The molecule has 0 heterocycles. The van der Waals surface area contributed by atoms with Crippen molar-refractivity contribution in [3.63, 3.8) is 0 Å². The molecule has 0 rings (SSSR count).